The molecule has 46 heavy (non-hydrogen) atoms. The molecule has 0 spiro atoms. The fourth-order valence-corrected chi connectivity index (χ4v) is 5.32. The monoisotopic (exact) mass is 670 g/mol. The highest BCUT2D eigenvalue weighted by Gasteiger charge is 2.36. The molecule has 0 aromatic rings. The average molecular weight is 671 g/mol. The predicted octanol–water partition coefficient (Wildman–Crippen LogP) is 9.07. The van der Waals surface area contributed by atoms with Gasteiger partial charge in [0, 0.05) is 12.8 Å². The molecule has 1 rings (SSSR count). The lowest BCUT2D eigenvalue weighted by Crippen LogP contribution is -2.29. The molecule has 1 fully saturated rings. The zero-order valence-electron chi connectivity index (χ0n) is 28.8. The largest absolute Gasteiger partial charge is 0.469 e. The van der Waals surface area contributed by atoms with Crippen molar-refractivity contribution in [2.75, 3.05) is 13.2 Å². The van der Waals surface area contributed by atoms with E-state index >= 15 is 0 Å². The molecule has 0 aromatic heterocycles. The highest BCUT2D eigenvalue weighted by molar-refractivity contribution is 7.46. The fourth-order valence-electron chi connectivity index (χ4n) is 4.96. The Balaban J connectivity index is 2.15. The topological polar surface area (TPSA) is 132 Å². The zero-order chi connectivity index (χ0) is 33.9. The summed E-state index contributed by atoms with van der Waals surface area (Å²) in [6.07, 6.45) is 30.7. The van der Waals surface area contributed by atoms with Crippen molar-refractivity contribution in [3.63, 3.8) is 0 Å². The molecule has 0 radical (unpaired) electrons. The summed E-state index contributed by atoms with van der Waals surface area (Å²) in [5.41, 5.74) is 0. The summed E-state index contributed by atoms with van der Waals surface area (Å²) < 4.78 is 31.9. The molecule has 9 nitrogen and oxygen atoms in total. The molecule has 0 saturated carbocycles. The third-order valence-corrected chi connectivity index (χ3v) is 8.61. The second-order valence-corrected chi connectivity index (χ2v) is 13.7. The van der Waals surface area contributed by atoms with E-state index in [0.29, 0.717) is 25.0 Å². The van der Waals surface area contributed by atoms with Crippen molar-refractivity contribution >= 4 is 19.8 Å². The molecule has 266 valence electrons. The quantitative estimate of drug-likeness (QED) is 0.0252. The SMILES string of the molecule is CCCCCC1OC1C/C=C\C/C=C\C/C=C\CCCC(=O)OC[C@H](COP(=O)(O)O)OC(=O)CCCCCCCCC(C)CC. The van der Waals surface area contributed by atoms with Crippen molar-refractivity contribution in [1.29, 1.82) is 0 Å². The molecular weight excluding hydrogens is 607 g/mol. The number of hydrogen-bond acceptors (Lipinski definition) is 7. The molecule has 4 atom stereocenters. The summed E-state index contributed by atoms with van der Waals surface area (Å²) in [5.74, 6) is -0.188. The lowest BCUT2D eigenvalue weighted by molar-refractivity contribution is -0.161. The Labute approximate surface area is 278 Å². The summed E-state index contributed by atoms with van der Waals surface area (Å²) in [7, 11) is -4.76. The average Bonchev–Trinajstić information content (AvgIpc) is 3.77. The molecular formula is C36H63O9P. The summed E-state index contributed by atoms with van der Waals surface area (Å²) in [5, 5.41) is 0. The van der Waals surface area contributed by atoms with Crippen LogP contribution in [-0.2, 0) is 32.9 Å². The van der Waals surface area contributed by atoms with Gasteiger partial charge in [-0.1, -0.05) is 121 Å². The maximum absolute atomic E-state index is 12.3. The van der Waals surface area contributed by atoms with Crippen molar-refractivity contribution < 1.29 is 42.7 Å². The Morgan fingerprint density at radius 1 is 0.783 bits per heavy atom. The number of epoxide rings is 1. The molecule has 1 aliphatic rings. The standard InChI is InChI=1S/C36H63O9P/c1-4-6-19-25-33-34(45-33)26-21-16-11-9-7-8-10-12-17-22-27-35(37)42-29-32(30-43-46(39,40)41)44-36(38)28-23-18-14-13-15-20-24-31(3)5-2/h7,9-10,12,16,21,31-34H,4-6,8,11,13-15,17-20,22-30H2,1-3H3,(H2,39,40,41)/b9-7-,12-10-,21-16-/t31?,32-,33?,34?/m1/s1. The van der Waals surface area contributed by atoms with Gasteiger partial charge in [0.2, 0.25) is 0 Å². The molecule has 0 amide bonds. The third-order valence-electron chi connectivity index (χ3n) is 8.13. The van der Waals surface area contributed by atoms with Gasteiger partial charge in [0.25, 0.3) is 0 Å². The van der Waals surface area contributed by atoms with Crippen molar-refractivity contribution in [2.45, 2.75) is 161 Å². The van der Waals surface area contributed by atoms with Crippen LogP contribution in [0.15, 0.2) is 36.5 Å². The van der Waals surface area contributed by atoms with E-state index in [9.17, 15) is 14.2 Å². The van der Waals surface area contributed by atoms with E-state index in [0.717, 1.165) is 50.9 Å². The van der Waals surface area contributed by atoms with Crippen LogP contribution < -0.4 is 0 Å². The molecule has 2 N–H and O–H groups in total. The lowest BCUT2D eigenvalue weighted by atomic mass is 10.00. The summed E-state index contributed by atoms with van der Waals surface area (Å²) in [4.78, 5) is 42.5. The normalized spacial score (nSPS) is 18.0. The number of unbranched alkanes of at least 4 members (excludes halogenated alkanes) is 8. The van der Waals surface area contributed by atoms with Crippen molar-refractivity contribution in [2.24, 2.45) is 5.92 Å². The van der Waals surface area contributed by atoms with Crippen molar-refractivity contribution in [3.8, 4) is 0 Å². The number of rotatable bonds is 30. The van der Waals surface area contributed by atoms with Crippen LogP contribution in [-0.4, -0.2) is 53.3 Å². The number of carbonyl (C=O) groups is 2. The highest BCUT2D eigenvalue weighted by Crippen LogP contribution is 2.36. The number of phosphoric acid groups is 1. The Kier molecular flexibility index (Phi) is 25.0. The molecule has 1 heterocycles. The first-order valence-electron chi connectivity index (χ1n) is 17.8. The molecule has 0 aliphatic carbocycles. The zero-order valence-corrected chi connectivity index (χ0v) is 29.7. The first kappa shape index (κ1) is 42.3. The van der Waals surface area contributed by atoms with Crippen LogP contribution in [0.25, 0.3) is 0 Å². The second-order valence-electron chi connectivity index (χ2n) is 12.5. The number of allylic oxidation sites excluding steroid dienone is 5. The molecule has 0 aromatic carbocycles. The van der Waals surface area contributed by atoms with Gasteiger partial charge in [-0.15, -0.1) is 0 Å². The summed E-state index contributed by atoms with van der Waals surface area (Å²) in [6, 6.07) is 0. The molecule has 3 unspecified atom stereocenters. The van der Waals surface area contributed by atoms with Gasteiger partial charge < -0.3 is 24.0 Å². The van der Waals surface area contributed by atoms with Gasteiger partial charge in [0.05, 0.1) is 18.8 Å². The van der Waals surface area contributed by atoms with Gasteiger partial charge in [-0.3, -0.25) is 14.1 Å². The Morgan fingerprint density at radius 3 is 2.13 bits per heavy atom. The molecule has 10 heteroatoms. The Bertz CT molecular complexity index is 926. The smallest absolute Gasteiger partial charge is 0.462 e. The van der Waals surface area contributed by atoms with E-state index in [1.165, 1.54) is 51.4 Å². The van der Waals surface area contributed by atoms with Crippen LogP contribution in [0.1, 0.15) is 143 Å². The maximum atomic E-state index is 12.3. The molecule has 1 aliphatic heterocycles. The Hall–Kier alpha value is -1.77. The lowest BCUT2D eigenvalue weighted by Gasteiger charge is -2.18. The Morgan fingerprint density at radius 2 is 1.43 bits per heavy atom. The first-order valence-corrected chi connectivity index (χ1v) is 19.3. The maximum Gasteiger partial charge on any atom is 0.469 e. The summed E-state index contributed by atoms with van der Waals surface area (Å²) >= 11 is 0. The van der Waals surface area contributed by atoms with Crippen molar-refractivity contribution in [3.05, 3.63) is 36.5 Å². The van der Waals surface area contributed by atoms with E-state index in [1.54, 1.807) is 0 Å². The number of ether oxygens (including phenoxy) is 3. The van der Waals surface area contributed by atoms with Crippen LogP contribution in [0.3, 0.4) is 0 Å². The van der Waals surface area contributed by atoms with Gasteiger partial charge >= 0.3 is 19.8 Å². The predicted molar refractivity (Wildman–Crippen MR) is 183 cm³/mol. The van der Waals surface area contributed by atoms with Gasteiger partial charge in [-0.25, -0.2) is 4.57 Å². The van der Waals surface area contributed by atoms with Crippen LogP contribution in [0, 0.1) is 5.92 Å². The third kappa shape index (κ3) is 26.3. The minimum Gasteiger partial charge on any atom is -0.462 e. The van der Waals surface area contributed by atoms with E-state index in [1.807, 2.05) is 6.08 Å². The highest BCUT2D eigenvalue weighted by atomic mass is 31.2. The van der Waals surface area contributed by atoms with Crippen LogP contribution >= 0.6 is 7.82 Å². The number of carbonyl (C=O) groups excluding carboxylic acids is 2. The first-order chi connectivity index (χ1) is 22.1. The number of esters is 2. The fraction of sp³-hybridized carbons (Fsp3) is 0.778. The van der Waals surface area contributed by atoms with Crippen molar-refractivity contribution in [1.82, 2.24) is 0 Å². The molecule has 0 bridgehead atoms. The van der Waals surface area contributed by atoms with Gasteiger partial charge in [-0.2, -0.15) is 0 Å². The van der Waals surface area contributed by atoms with E-state index in [-0.39, 0.29) is 19.4 Å². The van der Waals surface area contributed by atoms with Crippen LogP contribution in [0.2, 0.25) is 0 Å². The minimum atomic E-state index is -4.76. The summed E-state index contributed by atoms with van der Waals surface area (Å²) in [6.45, 7) is 5.84. The van der Waals surface area contributed by atoms with Crippen LogP contribution in [0.4, 0.5) is 0 Å². The minimum absolute atomic E-state index is 0.187. The van der Waals surface area contributed by atoms with Gasteiger partial charge in [0.1, 0.15) is 6.61 Å². The van der Waals surface area contributed by atoms with Gasteiger partial charge in [0.15, 0.2) is 6.10 Å². The second kappa shape index (κ2) is 27.2. The van der Waals surface area contributed by atoms with E-state index < -0.39 is 32.5 Å². The number of hydrogen-bond donors (Lipinski definition) is 2. The van der Waals surface area contributed by atoms with E-state index in [4.69, 9.17) is 24.0 Å². The van der Waals surface area contributed by atoms with Crippen LogP contribution in [0.5, 0.6) is 0 Å². The van der Waals surface area contributed by atoms with E-state index in [2.05, 4.69) is 55.7 Å². The number of phosphoric ester groups is 1. The molecule has 1 saturated heterocycles. The van der Waals surface area contributed by atoms with Gasteiger partial charge in [-0.05, 0) is 50.9 Å².